The molecule has 5 heteroatoms. The summed E-state index contributed by atoms with van der Waals surface area (Å²) in [4.78, 5) is 15.7. The van der Waals surface area contributed by atoms with Gasteiger partial charge in [0.05, 0.1) is 0 Å². The van der Waals surface area contributed by atoms with Crippen LogP contribution >= 0.6 is 0 Å². The smallest absolute Gasteiger partial charge is 0.410 e. The van der Waals surface area contributed by atoms with E-state index in [4.69, 9.17) is 4.74 Å². The molecule has 1 aliphatic heterocycles. The number of nitrogens with zero attached hydrogens (tertiary/aromatic N) is 2. The molecule has 20 heavy (non-hydrogen) atoms. The van der Waals surface area contributed by atoms with Crippen molar-refractivity contribution in [2.24, 2.45) is 0 Å². The molecule has 0 bridgehead atoms. The highest BCUT2D eigenvalue weighted by molar-refractivity contribution is 5.73. The van der Waals surface area contributed by atoms with E-state index < -0.39 is 0 Å². The standard InChI is InChI=1S/C15H23N3O2/c1-5-18(4)15(19)20-13-8-6-7-12-14(13)11(9-16-12)10-17(2)3/h6-8,11,16H,5,9-10H2,1-4H3. The average Bonchev–Trinajstić information content (AvgIpc) is 2.81. The highest BCUT2D eigenvalue weighted by atomic mass is 16.6. The number of hydrogen-bond acceptors (Lipinski definition) is 4. The predicted molar refractivity (Wildman–Crippen MR) is 80.6 cm³/mol. The molecule has 2 rings (SSSR count). The highest BCUT2D eigenvalue weighted by Gasteiger charge is 2.27. The topological polar surface area (TPSA) is 44.8 Å². The van der Waals surface area contributed by atoms with Gasteiger partial charge in [0.25, 0.3) is 0 Å². The van der Waals surface area contributed by atoms with E-state index in [0.717, 1.165) is 24.3 Å². The number of amides is 1. The Hall–Kier alpha value is -1.75. The summed E-state index contributed by atoms with van der Waals surface area (Å²) < 4.78 is 5.55. The summed E-state index contributed by atoms with van der Waals surface area (Å²) in [7, 11) is 5.84. The Bertz CT molecular complexity index is 488. The molecule has 110 valence electrons. The summed E-state index contributed by atoms with van der Waals surface area (Å²) >= 11 is 0. The van der Waals surface area contributed by atoms with Gasteiger partial charge in [-0.2, -0.15) is 0 Å². The summed E-state index contributed by atoms with van der Waals surface area (Å²) in [6.45, 7) is 4.37. The molecule has 1 heterocycles. The van der Waals surface area contributed by atoms with Crippen LogP contribution < -0.4 is 10.1 Å². The van der Waals surface area contributed by atoms with Gasteiger partial charge in [0, 0.05) is 43.9 Å². The van der Waals surface area contributed by atoms with E-state index in [9.17, 15) is 4.79 Å². The molecule has 0 radical (unpaired) electrons. The van der Waals surface area contributed by atoms with Gasteiger partial charge in [-0.05, 0) is 33.2 Å². The second kappa shape index (κ2) is 6.13. The van der Waals surface area contributed by atoms with Gasteiger partial charge < -0.3 is 19.9 Å². The van der Waals surface area contributed by atoms with Gasteiger partial charge in [0.15, 0.2) is 0 Å². The fourth-order valence-corrected chi connectivity index (χ4v) is 2.44. The van der Waals surface area contributed by atoms with Crippen LogP contribution in [0.15, 0.2) is 18.2 Å². The fraction of sp³-hybridized carbons (Fsp3) is 0.533. The van der Waals surface area contributed by atoms with Gasteiger partial charge in [0.1, 0.15) is 5.75 Å². The second-order valence-corrected chi connectivity index (χ2v) is 5.44. The van der Waals surface area contributed by atoms with Crippen molar-refractivity contribution in [3.8, 4) is 5.75 Å². The molecule has 0 aromatic heterocycles. The monoisotopic (exact) mass is 277 g/mol. The zero-order valence-corrected chi connectivity index (χ0v) is 12.6. The molecule has 1 aromatic rings. The average molecular weight is 277 g/mol. The van der Waals surface area contributed by atoms with Crippen LogP contribution in [0.5, 0.6) is 5.75 Å². The molecule has 0 saturated heterocycles. The van der Waals surface area contributed by atoms with Crippen LogP contribution in [0.1, 0.15) is 18.4 Å². The third-order valence-electron chi connectivity index (χ3n) is 3.58. The number of anilines is 1. The van der Waals surface area contributed by atoms with E-state index in [2.05, 4.69) is 24.3 Å². The second-order valence-electron chi connectivity index (χ2n) is 5.44. The predicted octanol–water partition coefficient (Wildman–Crippen LogP) is 2.21. The molecule has 1 N–H and O–H groups in total. The number of nitrogens with one attached hydrogen (secondary N) is 1. The zero-order valence-electron chi connectivity index (χ0n) is 12.6. The van der Waals surface area contributed by atoms with Crippen LogP contribution in [-0.2, 0) is 0 Å². The lowest BCUT2D eigenvalue weighted by Crippen LogP contribution is -2.30. The van der Waals surface area contributed by atoms with E-state index in [-0.39, 0.29) is 6.09 Å². The number of likely N-dealkylation sites (N-methyl/N-ethyl adjacent to an activating group) is 1. The summed E-state index contributed by atoms with van der Waals surface area (Å²) in [6.07, 6.45) is -0.309. The number of fused-ring (bicyclic) bond motifs is 1. The van der Waals surface area contributed by atoms with Crippen molar-refractivity contribution in [1.82, 2.24) is 9.80 Å². The van der Waals surface area contributed by atoms with E-state index in [0.29, 0.717) is 18.2 Å². The molecular weight excluding hydrogens is 254 g/mol. The van der Waals surface area contributed by atoms with Gasteiger partial charge in [-0.25, -0.2) is 4.79 Å². The molecule has 1 aromatic carbocycles. The number of carbonyl (C=O) groups is 1. The lowest BCUT2D eigenvalue weighted by molar-refractivity contribution is 0.164. The molecule has 0 saturated carbocycles. The minimum absolute atomic E-state index is 0.309. The quantitative estimate of drug-likeness (QED) is 0.916. The largest absolute Gasteiger partial charge is 0.414 e. The normalized spacial score (nSPS) is 16.8. The van der Waals surface area contributed by atoms with E-state index in [1.165, 1.54) is 0 Å². The van der Waals surface area contributed by atoms with Gasteiger partial charge in [0.2, 0.25) is 0 Å². The number of hydrogen-bond donors (Lipinski definition) is 1. The Kier molecular flexibility index (Phi) is 4.49. The highest BCUT2D eigenvalue weighted by Crippen LogP contribution is 2.38. The van der Waals surface area contributed by atoms with Gasteiger partial charge in [-0.15, -0.1) is 0 Å². The molecule has 5 nitrogen and oxygen atoms in total. The van der Waals surface area contributed by atoms with Gasteiger partial charge in [-0.3, -0.25) is 0 Å². The van der Waals surface area contributed by atoms with Crippen molar-refractivity contribution in [1.29, 1.82) is 0 Å². The number of rotatable bonds is 4. The van der Waals surface area contributed by atoms with Crippen molar-refractivity contribution in [2.75, 3.05) is 46.1 Å². The Morgan fingerprint density at radius 1 is 1.40 bits per heavy atom. The molecule has 1 unspecified atom stereocenters. The first kappa shape index (κ1) is 14.7. The fourth-order valence-electron chi connectivity index (χ4n) is 2.44. The molecule has 1 aliphatic rings. The van der Waals surface area contributed by atoms with Crippen LogP contribution in [0.25, 0.3) is 0 Å². The summed E-state index contributed by atoms with van der Waals surface area (Å²) in [5.41, 5.74) is 2.18. The molecular formula is C15H23N3O2. The van der Waals surface area contributed by atoms with Crippen molar-refractivity contribution in [3.05, 3.63) is 23.8 Å². The number of benzene rings is 1. The first-order chi connectivity index (χ1) is 9.52. The Morgan fingerprint density at radius 3 is 2.80 bits per heavy atom. The maximum atomic E-state index is 11.9. The molecule has 1 atom stereocenters. The minimum atomic E-state index is -0.309. The van der Waals surface area contributed by atoms with Crippen LogP contribution in [0.3, 0.4) is 0 Å². The summed E-state index contributed by atoms with van der Waals surface area (Å²) in [5, 5.41) is 3.38. The van der Waals surface area contributed by atoms with Crippen molar-refractivity contribution < 1.29 is 9.53 Å². The maximum Gasteiger partial charge on any atom is 0.414 e. The third kappa shape index (κ3) is 3.04. The van der Waals surface area contributed by atoms with Crippen LogP contribution in [-0.4, -0.2) is 56.7 Å². The minimum Gasteiger partial charge on any atom is -0.410 e. The van der Waals surface area contributed by atoms with Crippen LogP contribution in [0, 0.1) is 0 Å². The summed E-state index contributed by atoms with van der Waals surface area (Å²) in [6, 6.07) is 5.82. The van der Waals surface area contributed by atoms with Crippen LogP contribution in [0.2, 0.25) is 0 Å². The van der Waals surface area contributed by atoms with E-state index >= 15 is 0 Å². The number of ether oxygens (including phenoxy) is 1. The molecule has 1 amide bonds. The van der Waals surface area contributed by atoms with E-state index in [1.807, 2.05) is 25.1 Å². The van der Waals surface area contributed by atoms with Crippen molar-refractivity contribution >= 4 is 11.8 Å². The van der Waals surface area contributed by atoms with Gasteiger partial charge >= 0.3 is 6.09 Å². The SMILES string of the molecule is CCN(C)C(=O)Oc1cccc2c1C(CN(C)C)CN2. The molecule has 0 aliphatic carbocycles. The molecule has 0 fully saturated rings. The maximum absolute atomic E-state index is 11.9. The molecule has 0 spiro atoms. The lowest BCUT2D eigenvalue weighted by Gasteiger charge is -2.20. The Balaban J connectivity index is 2.23. The first-order valence-electron chi connectivity index (χ1n) is 6.97. The van der Waals surface area contributed by atoms with E-state index in [1.54, 1.807) is 11.9 Å². The van der Waals surface area contributed by atoms with Crippen molar-refractivity contribution in [2.45, 2.75) is 12.8 Å². The first-order valence-corrected chi connectivity index (χ1v) is 6.97. The van der Waals surface area contributed by atoms with Gasteiger partial charge in [-0.1, -0.05) is 6.07 Å². The third-order valence-corrected chi connectivity index (χ3v) is 3.58. The Morgan fingerprint density at radius 2 is 2.15 bits per heavy atom. The Labute approximate surface area is 120 Å². The lowest BCUT2D eigenvalue weighted by atomic mass is 10.00. The zero-order chi connectivity index (χ0) is 14.7. The summed E-state index contributed by atoms with van der Waals surface area (Å²) in [5.74, 6) is 1.01. The van der Waals surface area contributed by atoms with Crippen LogP contribution in [0.4, 0.5) is 10.5 Å². The van der Waals surface area contributed by atoms with Crippen molar-refractivity contribution in [3.63, 3.8) is 0 Å². The number of carbonyl (C=O) groups excluding carboxylic acids is 1.